The molecule has 3 heterocycles. The lowest BCUT2D eigenvalue weighted by Crippen LogP contribution is -2.52. The van der Waals surface area contributed by atoms with E-state index >= 15 is 0 Å². The molecule has 0 spiro atoms. The summed E-state index contributed by atoms with van der Waals surface area (Å²) in [6, 6.07) is 5.62. The molecule has 0 aliphatic carbocycles. The fraction of sp³-hybridized carbons (Fsp3) is 0.500. The van der Waals surface area contributed by atoms with E-state index in [0.29, 0.717) is 18.9 Å². The van der Waals surface area contributed by atoms with Crippen LogP contribution in [-0.2, 0) is 16.1 Å². The molecule has 2 N–H and O–H groups in total. The van der Waals surface area contributed by atoms with Gasteiger partial charge in [0.25, 0.3) is 5.91 Å². The number of amides is 3. The lowest BCUT2D eigenvalue weighted by atomic mass is 9.88. The van der Waals surface area contributed by atoms with Crippen LogP contribution < -0.4 is 10.6 Å². The van der Waals surface area contributed by atoms with E-state index in [4.69, 9.17) is 0 Å². The van der Waals surface area contributed by atoms with E-state index in [1.807, 2.05) is 12.1 Å². The van der Waals surface area contributed by atoms with Gasteiger partial charge in [0.1, 0.15) is 6.04 Å². The summed E-state index contributed by atoms with van der Waals surface area (Å²) in [4.78, 5) is 37.8. The fourth-order valence-corrected chi connectivity index (χ4v) is 3.98. The van der Waals surface area contributed by atoms with Crippen LogP contribution in [0.2, 0.25) is 0 Å². The highest BCUT2D eigenvalue weighted by Gasteiger charge is 2.39. The molecule has 1 aromatic rings. The van der Waals surface area contributed by atoms with Crippen LogP contribution in [0.5, 0.6) is 0 Å². The Morgan fingerprint density at radius 1 is 1.04 bits per heavy atom. The van der Waals surface area contributed by atoms with Crippen molar-refractivity contribution in [1.29, 1.82) is 0 Å². The molecule has 3 aliphatic rings. The van der Waals surface area contributed by atoms with E-state index < -0.39 is 6.04 Å². The SMILES string of the molecule is Cl.O=C1CC[C@H](N2Cc3ccc(C4CCNCC4)cc3C2=O)C(=O)N1. The number of hydrogen-bond donors (Lipinski definition) is 2. The molecule has 0 unspecified atom stereocenters. The van der Waals surface area contributed by atoms with Gasteiger partial charge in [0.2, 0.25) is 11.8 Å². The van der Waals surface area contributed by atoms with Crippen molar-refractivity contribution < 1.29 is 14.4 Å². The number of hydrogen-bond acceptors (Lipinski definition) is 4. The Kier molecular flexibility index (Phi) is 5.11. The Balaban J connectivity index is 0.00000182. The topological polar surface area (TPSA) is 78.5 Å². The first-order valence-electron chi connectivity index (χ1n) is 8.61. The summed E-state index contributed by atoms with van der Waals surface area (Å²) in [5.74, 6) is -0.205. The third kappa shape index (κ3) is 3.28. The lowest BCUT2D eigenvalue weighted by molar-refractivity contribution is -0.136. The zero-order chi connectivity index (χ0) is 16.7. The molecule has 6 nitrogen and oxygen atoms in total. The summed E-state index contributed by atoms with van der Waals surface area (Å²) in [5, 5.41) is 5.69. The first-order chi connectivity index (χ1) is 11.6. The normalized spacial score (nSPS) is 23.9. The van der Waals surface area contributed by atoms with Gasteiger partial charge in [-0.25, -0.2) is 0 Å². The van der Waals surface area contributed by atoms with Gasteiger partial charge < -0.3 is 10.2 Å². The molecule has 0 aromatic heterocycles. The number of halogens is 1. The van der Waals surface area contributed by atoms with Gasteiger partial charge >= 0.3 is 0 Å². The number of carbonyl (C=O) groups excluding carboxylic acids is 3. The Morgan fingerprint density at radius 2 is 1.80 bits per heavy atom. The maximum absolute atomic E-state index is 12.8. The Morgan fingerprint density at radius 3 is 2.52 bits per heavy atom. The van der Waals surface area contributed by atoms with Crippen molar-refractivity contribution >= 4 is 30.1 Å². The van der Waals surface area contributed by atoms with E-state index in [-0.39, 0.29) is 36.5 Å². The molecule has 134 valence electrons. The van der Waals surface area contributed by atoms with Crippen LogP contribution in [-0.4, -0.2) is 41.8 Å². The minimum atomic E-state index is -0.537. The van der Waals surface area contributed by atoms with Crippen LogP contribution in [0.25, 0.3) is 0 Å². The fourth-order valence-electron chi connectivity index (χ4n) is 3.98. The molecule has 1 atom stereocenters. The molecule has 2 saturated heterocycles. The Labute approximate surface area is 152 Å². The number of piperidine rings is 2. The number of fused-ring (bicyclic) bond motifs is 1. The second-order valence-electron chi connectivity index (χ2n) is 6.84. The predicted molar refractivity (Wildman–Crippen MR) is 94.6 cm³/mol. The number of imide groups is 1. The number of nitrogens with zero attached hydrogens (tertiary/aromatic N) is 1. The van der Waals surface area contributed by atoms with Gasteiger partial charge in [-0.15, -0.1) is 12.4 Å². The molecule has 2 fully saturated rings. The molecule has 7 heteroatoms. The first kappa shape index (κ1) is 17.9. The maximum atomic E-state index is 12.8. The summed E-state index contributed by atoms with van der Waals surface area (Å²) in [5.41, 5.74) is 2.91. The minimum Gasteiger partial charge on any atom is -0.322 e. The monoisotopic (exact) mass is 363 g/mol. The second-order valence-corrected chi connectivity index (χ2v) is 6.84. The van der Waals surface area contributed by atoms with Crippen molar-refractivity contribution in [3.05, 3.63) is 34.9 Å². The van der Waals surface area contributed by atoms with Crippen molar-refractivity contribution in [1.82, 2.24) is 15.5 Å². The largest absolute Gasteiger partial charge is 0.322 e. The van der Waals surface area contributed by atoms with E-state index in [2.05, 4.69) is 16.7 Å². The maximum Gasteiger partial charge on any atom is 0.255 e. The van der Waals surface area contributed by atoms with Crippen LogP contribution in [0, 0.1) is 0 Å². The number of rotatable bonds is 2. The summed E-state index contributed by atoms with van der Waals surface area (Å²) in [7, 11) is 0. The molecular weight excluding hydrogens is 342 g/mol. The number of carbonyl (C=O) groups is 3. The average molecular weight is 364 g/mol. The van der Waals surface area contributed by atoms with Crippen LogP contribution in [0.1, 0.15) is 53.1 Å². The standard InChI is InChI=1S/C18H21N3O3.ClH/c22-16-4-3-15(17(23)20-16)21-10-13-2-1-12(9-14(13)18(21)24)11-5-7-19-8-6-11;/h1-2,9,11,15,19H,3-8,10H2,(H,20,22,23);1H/t15-;/m0./s1. The van der Waals surface area contributed by atoms with Crippen molar-refractivity contribution in [3.8, 4) is 0 Å². The molecule has 0 radical (unpaired) electrons. The molecule has 0 bridgehead atoms. The zero-order valence-electron chi connectivity index (χ0n) is 13.9. The highest BCUT2D eigenvalue weighted by molar-refractivity contribution is 6.05. The average Bonchev–Trinajstić information content (AvgIpc) is 2.92. The second kappa shape index (κ2) is 7.14. The Hall–Kier alpha value is -1.92. The van der Waals surface area contributed by atoms with Gasteiger partial charge in [-0.2, -0.15) is 0 Å². The minimum absolute atomic E-state index is 0. The van der Waals surface area contributed by atoms with Crippen LogP contribution in [0.4, 0.5) is 0 Å². The van der Waals surface area contributed by atoms with E-state index in [9.17, 15) is 14.4 Å². The molecule has 4 rings (SSSR count). The zero-order valence-corrected chi connectivity index (χ0v) is 14.7. The van der Waals surface area contributed by atoms with E-state index in [1.165, 1.54) is 5.56 Å². The molecule has 25 heavy (non-hydrogen) atoms. The van der Waals surface area contributed by atoms with Gasteiger partial charge in [-0.1, -0.05) is 12.1 Å². The summed E-state index contributed by atoms with van der Waals surface area (Å²) >= 11 is 0. The lowest BCUT2D eigenvalue weighted by Gasteiger charge is -2.29. The number of benzene rings is 1. The van der Waals surface area contributed by atoms with Gasteiger partial charge in [-0.05, 0) is 55.5 Å². The third-order valence-corrected chi connectivity index (χ3v) is 5.36. The first-order valence-corrected chi connectivity index (χ1v) is 8.61. The van der Waals surface area contributed by atoms with Crippen LogP contribution in [0.3, 0.4) is 0 Å². The van der Waals surface area contributed by atoms with Gasteiger partial charge in [-0.3, -0.25) is 19.7 Å². The molecule has 0 saturated carbocycles. The molecule has 3 aliphatic heterocycles. The van der Waals surface area contributed by atoms with E-state index in [0.717, 1.165) is 37.1 Å². The summed E-state index contributed by atoms with van der Waals surface area (Å²) < 4.78 is 0. The highest BCUT2D eigenvalue weighted by Crippen LogP contribution is 2.32. The van der Waals surface area contributed by atoms with Crippen LogP contribution >= 0.6 is 12.4 Å². The Bertz CT molecular complexity index is 716. The van der Waals surface area contributed by atoms with Gasteiger partial charge in [0.05, 0.1) is 0 Å². The quantitative estimate of drug-likeness (QED) is 0.777. The smallest absolute Gasteiger partial charge is 0.255 e. The summed E-state index contributed by atoms with van der Waals surface area (Å²) in [6.45, 7) is 2.48. The van der Waals surface area contributed by atoms with Crippen LogP contribution in [0.15, 0.2) is 18.2 Å². The van der Waals surface area contributed by atoms with Crippen molar-refractivity contribution in [2.45, 2.75) is 44.2 Å². The van der Waals surface area contributed by atoms with Gasteiger partial charge in [0, 0.05) is 18.5 Å². The molecule has 1 aromatic carbocycles. The predicted octanol–water partition coefficient (Wildman–Crippen LogP) is 1.34. The molecule has 3 amide bonds. The summed E-state index contributed by atoms with van der Waals surface area (Å²) in [6.07, 6.45) is 2.87. The van der Waals surface area contributed by atoms with Crippen molar-refractivity contribution in [2.75, 3.05) is 13.1 Å². The number of nitrogens with one attached hydrogen (secondary N) is 2. The highest BCUT2D eigenvalue weighted by atomic mass is 35.5. The van der Waals surface area contributed by atoms with E-state index in [1.54, 1.807) is 4.90 Å². The third-order valence-electron chi connectivity index (χ3n) is 5.36. The molecular formula is C18H22ClN3O3. The van der Waals surface area contributed by atoms with Crippen molar-refractivity contribution in [2.24, 2.45) is 0 Å². The van der Waals surface area contributed by atoms with Gasteiger partial charge in [0.15, 0.2) is 0 Å². The van der Waals surface area contributed by atoms with Crippen molar-refractivity contribution in [3.63, 3.8) is 0 Å².